The molecule has 2 atom stereocenters. The summed E-state index contributed by atoms with van der Waals surface area (Å²) < 4.78 is 12.0. The van der Waals surface area contributed by atoms with Crippen LogP contribution < -0.4 is 10.6 Å². The van der Waals surface area contributed by atoms with E-state index in [2.05, 4.69) is 65.0 Å². The molecule has 4 nitrogen and oxygen atoms in total. The monoisotopic (exact) mass is 501 g/mol. The smallest absolute Gasteiger partial charge is 0.191 e. The molecule has 150 valence electrons. The van der Waals surface area contributed by atoms with Crippen molar-refractivity contribution in [1.29, 1.82) is 0 Å². The molecule has 2 N–H and O–H groups in total. The summed E-state index contributed by atoms with van der Waals surface area (Å²) >= 11 is 0. The maximum absolute atomic E-state index is 12.2. The number of hydrogen-bond acceptors (Lipinski definition) is 2. The third-order valence-corrected chi connectivity index (χ3v) is 6.12. The van der Waals surface area contributed by atoms with Crippen LogP contribution in [0.15, 0.2) is 47.5 Å². The van der Waals surface area contributed by atoms with Crippen LogP contribution in [0.5, 0.6) is 0 Å². The van der Waals surface area contributed by atoms with Gasteiger partial charge < -0.3 is 10.6 Å². The van der Waals surface area contributed by atoms with E-state index in [0.717, 1.165) is 12.5 Å². The van der Waals surface area contributed by atoms with Gasteiger partial charge in [0.15, 0.2) is 5.96 Å². The summed E-state index contributed by atoms with van der Waals surface area (Å²) in [5.41, 5.74) is 1.22. The molecule has 0 aliphatic heterocycles. The first-order valence-electron chi connectivity index (χ1n) is 9.23. The zero-order valence-corrected chi connectivity index (χ0v) is 20.1. The summed E-state index contributed by atoms with van der Waals surface area (Å²) in [6.45, 7) is 11.5. The fourth-order valence-electron chi connectivity index (χ4n) is 2.63. The van der Waals surface area contributed by atoms with Gasteiger partial charge in [-0.2, -0.15) is 0 Å². The molecule has 0 aromatic heterocycles. The molecule has 0 saturated heterocycles. The van der Waals surface area contributed by atoms with Crippen molar-refractivity contribution in [2.45, 2.75) is 45.4 Å². The van der Waals surface area contributed by atoms with Crippen LogP contribution in [-0.4, -0.2) is 33.8 Å². The Morgan fingerprint density at radius 1 is 1.15 bits per heavy atom. The van der Waals surface area contributed by atoms with Gasteiger partial charge in [-0.1, -0.05) is 36.4 Å². The number of benzene rings is 2. The Kier molecular flexibility index (Phi) is 9.73. The first-order valence-corrected chi connectivity index (χ1v) is 10.5. The SMILES string of the molecule is CCNC(=NCCS(=O)C(C)(C)C)NC(C)c1ccc2ccccc2c1.I. The Hall–Kier alpha value is -1.15. The highest BCUT2D eigenvalue weighted by Crippen LogP contribution is 2.20. The lowest BCUT2D eigenvalue weighted by molar-refractivity contribution is 0.648. The maximum atomic E-state index is 12.2. The van der Waals surface area contributed by atoms with Gasteiger partial charge in [-0.25, -0.2) is 0 Å². The van der Waals surface area contributed by atoms with Gasteiger partial charge >= 0.3 is 0 Å². The van der Waals surface area contributed by atoms with Crippen molar-refractivity contribution in [3.8, 4) is 0 Å². The molecule has 0 saturated carbocycles. The molecule has 6 heteroatoms. The predicted octanol–water partition coefficient (Wildman–Crippen LogP) is 4.62. The van der Waals surface area contributed by atoms with Gasteiger partial charge in [-0.05, 0) is 57.0 Å². The number of aliphatic imine (C=N–C) groups is 1. The van der Waals surface area contributed by atoms with Crippen LogP contribution in [0.4, 0.5) is 0 Å². The number of guanidine groups is 1. The first-order chi connectivity index (χ1) is 12.3. The molecule has 27 heavy (non-hydrogen) atoms. The van der Waals surface area contributed by atoms with Crippen LogP contribution in [0, 0.1) is 0 Å². The maximum Gasteiger partial charge on any atom is 0.191 e. The highest BCUT2D eigenvalue weighted by atomic mass is 127. The summed E-state index contributed by atoms with van der Waals surface area (Å²) in [4.78, 5) is 4.60. The van der Waals surface area contributed by atoms with E-state index in [9.17, 15) is 4.21 Å². The summed E-state index contributed by atoms with van der Waals surface area (Å²) in [7, 11) is -0.885. The number of fused-ring (bicyclic) bond motifs is 1. The summed E-state index contributed by atoms with van der Waals surface area (Å²) in [5, 5.41) is 9.21. The number of nitrogens with one attached hydrogen (secondary N) is 2. The van der Waals surface area contributed by atoms with Gasteiger partial charge in [-0.15, -0.1) is 24.0 Å². The molecular formula is C21H32IN3OS. The molecule has 0 heterocycles. The number of nitrogens with zero attached hydrogens (tertiary/aromatic N) is 1. The van der Waals surface area contributed by atoms with E-state index >= 15 is 0 Å². The van der Waals surface area contributed by atoms with Crippen molar-refractivity contribution in [2.24, 2.45) is 4.99 Å². The van der Waals surface area contributed by atoms with Crippen molar-refractivity contribution < 1.29 is 4.21 Å². The highest BCUT2D eigenvalue weighted by molar-refractivity contribution is 14.0. The molecule has 0 amide bonds. The Morgan fingerprint density at radius 2 is 1.81 bits per heavy atom. The molecular weight excluding hydrogens is 469 g/mol. The van der Waals surface area contributed by atoms with E-state index in [-0.39, 0.29) is 34.8 Å². The van der Waals surface area contributed by atoms with Crippen molar-refractivity contribution in [3.63, 3.8) is 0 Å². The second kappa shape index (κ2) is 11.0. The summed E-state index contributed by atoms with van der Waals surface area (Å²) in [6, 6.07) is 15.0. The van der Waals surface area contributed by atoms with Crippen LogP contribution in [0.25, 0.3) is 10.8 Å². The summed E-state index contributed by atoms with van der Waals surface area (Å²) in [6.07, 6.45) is 0. The Labute approximate surface area is 183 Å². The van der Waals surface area contributed by atoms with Gasteiger partial charge in [0.05, 0.1) is 12.6 Å². The van der Waals surface area contributed by atoms with Crippen LogP contribution in [0.2, 0.25) is 0 Å². The molecule has 0 bridgehead atoms. The number of rotatable bonds is 6. The molecule has 0 aliphatic carbocycles. The quantitative estimate of drug-likeness (QED) is 0.345. The second-order valence-electron chi connectivity index (χ2n) is 7.40. The fourth-order valence-corrected chi connectivity index (χ4v) is 3.50. The lowest BCUT2D eigenvalue weighted by atomic mass is 10.0. The molecule has 2 aromatic rings. The fraction of sp³-hybridized carbons (Fsp3) is 0.476. The lowest BCUT2D eigenvalue weighted by Gasteiger charge is -2.19. The van der Waals surface area contributed by atoms with Gasteiger partial charge in [-0.3, -0.25) is 9.20 Å². The van der Waals surface area contributed by atoms with E-state index in [1.54, 1.807) is 0 Å². The van der Waals surface area contributed by atoms with Crippen molar-refractivity contribution in [2.75, 3.05) is 18.8 Å². The number of hydrogen-bond donors (Lipinski definition) is 2. The zero-order chi connectivity index (χ0) is 19.2. The Bertz CT molecular complexity index is 786. The first kappa shape index (κ1) is 23.9. The van der Waals surface area contributed by atoms with E-state index in [1.807, 2.05) is 27.7 Å². The van der Waals surface area contributed by atoms with E-state index < -0.39 is 10.8 Å². The van der Waals surface area contributed by atoms with Crippen LogP contribution in [0.3, 0.4) is 0 Å². The molecule has 2 aromatic carbocycles. The van der Waals surface area contributed by atoms with E-state index in [1.165, 1.54) is 16.3 Å². The van der Waals surface area contributed by atoms with Crippen LogP contribution in [-0.2, 0) is 10.8 Å². The van der Waals surface area contributed by atoms with Crippen molar-refractivity contribution in [3.05, 3.63) is 48.0 Å². The zero-order valence-electron chi connectivity index (χ0n) is 16.9. The molecule has 2 rings (SSSR count). The van der Waals surface area contributed by atoms with Gasteiger partial charge in [0, 0.05) is 27.8 Å². The largest absolute Gasteiger partial charge is 0.357 e. The number of halogens is 1. The second-order valence-corrected chi connectivity index (χ2v) is 9.72. The third kappa shape index (κ3) is 7.41. The molecule has 0 spiro atoms. The third-order valence-electron chi connectivity index (χ3n) is 4.20. The van der Waals surface area contributed by atoms with Crippen LogP contribution >= 0.6 is 24.0 Å². The van der Waals surface area contributed by atoms with E-state index in [4.69, 9.17) is 0 Å². The van der Waals surface area contributed by atoms with Crippen molar-refractivity contribution in [1.82, 2.24) is 10.6 Å². The minimum Gasteiger partial charge on any atom is -0.357 e. The average molecular weight is 501 g/mol. The Balaban J connectivity index is 0.00000364. The lowest BCUT2D eigenvalue weighted by Crippen LogP contribution is -2.39. The summed E-state index contributed by atoms with van der Waals surface area (Å²) in [5.74, 6) is 1.34. The van der Waals surface area contributed by atoms with Gasteiger partial charge in [0.25, 0.3) is 0 Å². The van der Waals surface area contributed by atoms with Gasteiger partial charge in [0.1, 0.15) is 0 Å². The van der Waals surface area contributed by atoms with Crippen molar-refractivity contribution >= 4 is 51.5 Å². The topological polar surface area (TPSA) is 53.5 Å². The predicted molar refractivity (Wildman–Crippen MR) is 130 cm³/mol. The van der Waals surface area contributed by atoms with E-state index in [0.29, 0.717) is 12.3 Å². The minimum absolute atomic E-state index is 0. The Morgan fingerprint density at radius 3 is 2.44 bits per heavy atom. The molecule has 2 unspecified atom stereocenters. The van der Waals surface area contributed by atoms with Gasteiger partial charge in [0.2, 0.25) is 0 Å². The average Bonchev–Trinajstić information content (AvgIpc) is 2.60. The molecule has 0 fully saturated rings. The highest BCUT2D eigenvalue weighted by Gasteiger charge is 2.18. The normalized spacial score (nSPS) is 14.3. The van der Waals surface area contributed by atoms with Crippen LogP contribution in [0.1, 0.15) is 46.2 Å². The molecule has 0 aliphatic rings. The minimum atomic E-state index is -0.885. The molecule has 0 radical (unpaired) electrons. The standard InChI is InChI=1S/C21H31N3OS.HI/c1-6-22-20(23-13-14-26(25)21(3,4)5)24-16(2)18-12-11-17-9-7-8-10-19(17)15-18;/h7-12,15-16H,6,13-14H2,1-5H3,(H2,22,23,24);1H.